The maximum atomic E-state index is 13.1. The van der Waals surface area contributed by atoms with Crippen molar-refractivity contribution in [1.29, 1.82) is 0 Å². The second kappa shape index (κ2) is 11.4. The van der Waals surface area contributed by atoms with Crippen LogP contribution in [0.1, 0.15) is 69.2 Å². The predicted molar refractivity (Wildman–Crippen MR) is 172 cm³/mol. The Morgan fingerprint density at radius 2 is 1.83 bits per heavy atom. The molecule has 13 nitrogen and oxygen atoms in total. The molecule has 3 aliphatic carbocycles. The summed E-state index contributed by atoms with van der Waals surface area (Å²) in [4.78, 5) is 34.4. The summed E-state index contributed by atoms with van der Waals surface area (Å²) >= 11 is 6.33. The minimum absolute atomic E-state index is 0.119. The lowest BCUT2D eigenvalue weighted by Gasteiger charge is -2.28. The van der Waals surface area contributed by atoms with E-state index in [9.17, 15) is 23.1 Å². The Bertz CT molecular complexity index is 1820. The largest absolute Gasteiger partial charge is 0.476 e. The molecule has 1 atom stereocenters. The van der Waals surface area contributed by atoms with Crippen LogP contribution in [0.25, 0.3) is 5.82 Å². The summed E-state index contributed by atoms with van der Waals surface area (Å²) in [6, 6.07) is 9.13. The van der Waals surface area contributed by atoms with Gasteiger partial charge in [-0.25, -0.2) is 24.2 Å². The molecule has 4 fully saturated rings. The number of rotatable bonds is 12. The minimum Gasteiger partial charge on any atom is -0.476 e. The molecular weight excluding hydrogens is 646 g/mol. The summed E-state index contributed by atoms with van der Waals surface area (Å²) < 4.78 is 35.6. The monoisotopic (exact) mass is 683 g/mol. The van der Waals surface area contributed by atoms with E-state index in [2.05, 4.69) is 20.4 Å². The van der Waals surface area contributed by atoms with Gasteiger partial charge in [-0.2, -0.15) is 8.42 Å². The number of aromatic nitrogens is 4. The highest BCUT2D eigenvalue weighted by molar-refractivity contribution is 7.90. The lowest BCUT2D eigenvalue weighted by atomic mass is 9.93. The Morgan fingerprint density at radius 3 is 2.49 bits per heavy atom. The molecule has 4 heterocycles. The molecule has 1 saturated heterocycles. The predicted octanol–water partition coefficient (Wildman–Crippen LogP) is 4.97. The molecule has 2 spiro atoms. The van der Waals surface area contributed by atoms with Crippen LogP contribution in [0.2, 0.25) is 5.15 Å². The van der Waals surface area contributed by atoms with Gasteiger partial charge in [0, 0.05) is 36.8 Å². The average molecular weight is 684 g/mol. The number of carbonyl (C=O) groups is 2. The van der Waals surface area contributed by atoms with Crippen molar-refractivity contribution in [2.24, 2.45) is 22.7 Å². The summed E-state index contributed by atoms with van der Waals surface area (Å²) in [6.45, 7) is 5.55. The lowest BCUT2D eigenvalue weighted by molar-refractivity contribution is 0.0980. The molecule has 2 amide bonds. The minimum atomic E-state index is -4.33. The fourth-order valence-electron chi connectivity index (χ4n) is 7.94. The van der Waals surface area contributed by atoms with Gasteiger partial charge in [-0.15, -0.1) is 5.10 Å². The molecule has 1 aliphatic heterocycles. The van der Waals surface area contributed by atoms with Gasteiger partial charge in [0.1, 0.15) is 11.0 Å². The number of nitrogens with zero attached hydrogens (tertiary/aromatic N) is 5. The van der Waals surface area contributed by atoms with Gasteiger partial charge >= 0.3 is 6.09 Å². The third-order valence-corrected chi connectivity index (χ3v) is 12.1. The van der Waals surface area contributed by atoms with E-state index < -0.39 is 27.6 Å². The first kappa shape index (κ1) is 31.7. The maximum absolute atomic E-state index is 13.1. The van der Waals surface area contributed by atoms with Crippen LogP contribution in [0, 0.1) is 22.7 Å². The van der Waals surface area contributed by atoms with Crippen molar-refractivity contribution < 1.29 is 27.9 Å². The molecule has 47 heavy (non-hydrogen) atoms. The Balaban J connectivity index is 0.915. The third kappa shape index (κ3) is 5.90. The second-order valence-corrected chi connectivity index (χ2v) is 15.9. The summed E-state index contributed by atoms with van der Waals surface area (Å²) in [5, 5.41) is 16.5. The number of carbonyl (C=O) groups excluding carboxylic acids is 1. The molecule has 0 bridgehead atoms. The van der Waals surface area contributed by atoms with E-state index in [0.29, 0.717) is 54.0 Å². The van der Waals surface area contributed by atoms with E-state index in [1.165, 1.54) is 59.5 Å². The van der Waals surface area contributed by atoms with Gasteiger partial charge in [0.25, 0.3) is 15.9 Å². The molecule has 3 N–H and O–H groups in total. The van der Waals surface area contributed by atoms with Crippen LogP contribution in [0.3, 0.4) is 0 Å². The molecule has 0 radical (unpaired) electrons. The van der Waals surface area contributed by atoms with E-state index in [4.69, 9.17) is 16.3 Å². The number of hydrogen-bond donors (Lipinski definition) is 3. The summed E-state index contributed by atoms with van der Waals surface area (Å²) in [5.74, 6) is 1.11. The highest BCUT2D eigenvalue weighted by Crippen LogP contribution is 2.92. The molecule has 3 aromatic heterocycles. The molecular formula is C32H38ClN7O6S. The van der Waals surface area contributed by atoms with Crippen LogP contribution in [0.5, 0.6) is 5.88 Å². The number of carboxylic acid groups (broad SMARTS) is 1. The fourth-order valence-corrected chi connectivity index (χ4v) is 9.11. The standard InChI is InChI=1S/C32H38ClN7O6S/c1-30(2)17-20(18-39(30)29(42)43)5-4-15-34-23-6-3-7-26(35-23)47(44,45)38-28(41)21-8-9-24(36-27(21)33)40-16-10-25(37-40)46-19-22-31(11-12-31)32(22)13-14-32/h3,6-10,16,20,22H,4-5,11-15,17-19H2,1-2H3,(H,34,35)(H,38,41)(H,42,43). The van der Waals surface area contributed by atoms with Gasteiger partial charge in [0.05, 0.1) is 12.2 Å². The number of ether oxygens (including phenoxy) is 1. The SMILES string of the molecule is CC1(C)CC(CCCNc2cccc(S(=O)(=O)NC(=O)c3ccc(-n4ccc(OCC5C6(CC6)C56CC6)n4)nc3Cl)n2)CN1C(=O)O. The van der Waals surface area contributed by atoms with Crippen LogP contribution >= 0.6 is 11.6 Å². The Kier molecular flexibility index (Phi) is 7.66. The Hall–Kier alpha value is -3.91. The molecule has 15 heteroatoms. The zero-order valence-corrected chi connectivity index (χ0v) is 27.9. The number of fused-ring (bicyclic) bond motifs is 1. The van der Waals surface area contributed by atoms with Crippen LogP contribution in [0.4, 0.5) is 10.6 Å². The molecule has 0 aromatic carbocycles. The molecule has 7 rings (SSSR count). The van der Waals surface area contributed by atoms with Gasteiger partial charge in [-0.05, 0) is 99.8 Å². The first-order valence-corrected chi connectivity index (χ1v) is 17.8. The first-order chi connectivity index (χ1) is 22.3. The summed E-state index contributed by atoms with van der Waals surface area (Å²) in [6.07, 6.45) is 8.41. The highest BCUT2D eigenvalue weighted by Gasteiger charge is 2.86. The van der Waals surface area contributed by atoms with Gasteiger partial charge in [0.15, 0.2) is 10.8 Å². The van der Waals surface area contributed by atoms with E-state index in [0.717, 1.165) is 19.3 Å². The van der Waals surface area contributed by atoms with E-state index >= 15 is 0 Å². The van der Waals surface area contributed by atoms with Crippen molar-refractivity contribution in [2.45, 2.75) is 69.4 Å². The quantitative estimate of drug-likeness (QED) is 0.175. The number of likely N-dealkylation sites (tertiary alicyclic amines) is 1. The number of hydrogen-bond acceptors (Lipinski definition) is 9. The summed E-state index contributed by atoms with van der Waals surface area (Å²) in [5.41, 5.74) is 0.584. The Morgan fingerprint density at radius 1 is 1.09 bits per heavy atom. The van der Waals surface area contributed by atoms with Crippen molar-refractivity contribution in [3.8, 4) is 11.7 Å². The van der Waals surface area contributed by atoms with Crippen LogP contribution in [-0.4, -0.2) is 75.4 Å². The molecule has 1 unspecified atom stereocenters. The molecule has 3 aromatic rings. The number of anilines is 1. The van der Waals surface area contributed by atoms with Crippen molar-refractivity contribution in [3.05, 3.63) is 53.3 Å². The van der Waals surface area contributed by atoms with Gasteiger partial charge < -0.3 is 20.1 Å². The van der Waals surface area contributed by atoms with Crippen molar-refractivity contribution in [1.82, 2.24) is 29.4 Å². The molecule has 3 saturated carbocycles. The zero-order chi connectivity index (χ0) is 33.2. The number of pyridine rings is 2. The normalized spacial score (nSPS) is 21.5. The van der Waals surface area contributed by atoms with Crippen molar-refractivity contribution in [3.63, 3.8) is 0 Å². The smallest absolute Gasteiger partial charge is 0.407 e. The molecule has 4 aliphatic rings. The summed E-state index contributed by atoms with van der Waals surface area (Å²) in [7, 11) is -4.33. The topological polar surface area (TPSA) is 169 Å². The highest BCUT2D eigenvalue weighted by atomic mass is 35.5. The number of nitrogens with one attached hydrogen (secondary N) is 2. The zero-order valence-electron chi connectivity index (χ0n) is 26.3. The second-order valence-electron chi connectivity index (χ2n) is 13.9. The van der Waals surface area contributed by atoms with Gasteiger partial charge in [-0.3, -0.25) is 4.79 Å². The van der Waals surface area contributed by atoms with Crippen LogP contribution in [-0.2, 0) is 10.0 Å². The van der Waals surface area contributed by atoms with Crippen LogP contribution < -0.4 is 14.8 Å². The maximum Gasteiger partial charge on any atom is 0.407 e. The van der Waals surface area contributed by atoms with Crippen LogP contribution in [0.15, 0.2) is 47.6 Å². The first-order valence-electron chi connectivity index (χ1n) is 16.0. The number of halogens is 1. The molecule has 250 valence electrons. The number of sulfonamides is 1. The van der Waals surface area contributed by atoms with Gasteiger partial charge in [-0.1, -0.05) is 17.7 Å². The van der Waals surface area contributed by atoms with E-state index in [1.807, 2.05) is 18.6 Å². The van der Waals surface area contributed by atoms with Gasteiger partial charge in [0.2, 0.25) is 5.88 Å². The lowest BCUT2D eigenvalue weighted by Crippen LogP contribution is -2.41. The van der Waals surface area contributed by atoms with Crippen molar-refractivity contribution in [2.75, 3.05) is 25.0 Å². The van der Waals surface area contributed by atoms with E-state index in [-0.39, 0.29) is 21.7 Å². The fraction of sp³-hybridized carbons (Fsp3) is 0.531. The number of amides is 2. The Labute approximate surface area is 278 Å². The van der Waals surface area contributed by atoms with E-state index in [1.54, 1.807) is 18.3 Å². The van der Waals surface area contributed by atoms with Crippen molar-refractivity contribution >= 4 is 39.4 Å². The average Bonchev–Trinajstić information content (AvgIpc) is 3.97. The third-order valence-electron chi connectivity index (χ3n) is 10.6.